The van der Waals surface area contributed by atoms with Crippen LogP contribution < -0.4 is 0 Å². The summed E-state index contributed by atoms with van der Waals surface area (Å²) in [5.41, 5.74) is 3.07. The van der Waals surface area contributed by atoms with E-state index in [0.29, 0.717) is 5.41 Å². The first-order valence-electron chi connectivity index (χ1n) is 5.70. The quantitative estimate of drug-likeness (QED) is 0.802. The lowest BCUT2D eigenvalue weighted by atomic mass is 9.88. The van der Waals surface area contributed by atoms with Crippen LogP contribution in [-0.4, -0.2) is 11.7 Å². The molecule has 1 N–H and O–H groups in total. The van der Waals surface area contributed by atoms with Gasteiger partial charge in [-0.3, -0.25) is 0 Å². The van der Waals surface area contributed by atoms with Gasteiger partial charge in [0.2, 0.25) is 0 Å². The maximum absolute atomic E-state index is 8.74. The van der Waals surface area contributed by atoms with Crippen LogP contribution in [0.5, 0.6) is 0 Å². The Morgan fingerprint density at radius 3 is 2.00 bits per heavy atom. The van der Waals surface area contributed by atoms with Gasteiger partial charge in [0.1, 0.15) is 0 Å². The van der Waals surface area contributed by atoms with Crippen LogP contribution in [0, 0.1) is 5.41 Å². The molecular formula is C14H22O. The molecule has 0 heterocycles. The van der Waals surface area contributed by atoms with Gasteiger partial charge in [-0.25, -0.2) is 0 Å². The number of hydrogen-bond donors (Lipinski definition) is 1. The molecule has 0 atom stereocenters. The van der Waals surface area contributed by atoms with Gasteiger partial charge in [-0.2, -0.15) is 0 Å². The molecule has 1 aromatic rings. The fraction of sp³-hybridized carbons (Fsp3) is 0.571. The molecule has 0 bridgehead atoms. The summed E-state index contributed by atoms with van der Waals surface area (Å²) in [5.74, 6) is 0. The van der Waals surface area contributed by atoms with E-state index in [0.717, 1.165) is 19.3 Å². The number of aliphatic hydroxyl groups excluding tert-OH is 1. The zero-order valence-electron chi connectivity index (χ0n) is 10.1. The van der Waals surface area contributed by atoms with Gasteiger partial charge in [0.25, 0.3) is 0 Å². The molecule has 84 valence electrons. The zero-order valence-corrected chi connectivity index (χ0v) is 10.1. The van der Waals surface area contributed by atoms with E-state index < -0.39 is 0 Å². The Labute approximate surface area is 93.1 Å². The summed E-state index contributed by atoms with van der Waals surface area (Å²) in [6, 6.07) is 8.77. The molecule has 0 aromatic heterocycles. The molecule has 0 spiro atoms. The molecule has 0 saturated carbocycles. The van der Waals surface area contributed by atoms with E-state index in [1.165, 1.54) is 11.1 Å². The van der Waals surface area contributed by atoms with Gasteiger partial charge in [0.15, 0.2) is 0 Å². The highest BCUT2D eigenvalue weighted by Gasteiger charge is 2.10. The average Bonchev–Trinajstić information content (AvgIpc) is 2.14. The number of benzene rings is 1. The van der Waals surface area contributed by atoms with Crippen LogP contribution in [0.25, 0.3) is 0 Å². The van der Waals surface area contributed by atoms with Crippen molar-refractivity contribution in [2.24, 2.45) is 5.41 Å². The Balaban J connectivity index is 2.56. The summed E-state index contributed by atoms with van der Waals surface area (Å²) in [5, 5.41) is 8.74. The van der Waals surface area contributed by atoms with Gasteiger partial charge < -0.3 is 5.11 Å². The lowest BCUT2D eigenvalue weighted by Crippen LogP contribution is -2.08. The first-order chi connectivity index (χ1) is 7.01. The number of aliphatic hydroxyl groups is 1. The van der Waals surface area contributed by atoms with Crippen molar-refractivity contribution in [3.63, 3.8) is 0 Å². The van der Waals surface area contributed by atoms with Crippen LogP contribution in [0.15, 0.2) is 24.3 Å². The predicted molar refractivity (Wildman–Crippen MR) is 65.0 cm³/mol. The van der Waals surface area contributed by atoms with Gasteiger partial charge in [-0.05, 0) is 35.8 Å². The fourth-order valence-corrected chi connectivity index (χ4v) is 1.72. The van der Waals surface area contributed by atoms with E-state index in [4.69, 9.17) is 5.11 Å². The number of rotatable bonds is 4. The van der Waals surface area contributed by atoms with Crippen LogP contribution >= 0.6 is 0 Å². The monoisotopic (exact) mass is 206 g/mol. The molecule has 0 unspecified atom stereocenters. The van der Waals surface area contributed by atoms with Gasteiger partial charge in [0, 0.05) is 6.61 Å². The minimum absolute atomic E-state index is 0.281. The summed E-state index contributed by atoms with van der Waals surface area (Å²) < 4.78 is 0. The second-order valence-electron chi connectivity index (χ2n) is 5.38. The highest BCUT2D eigenvalue weighted by Crippen LogP contribution is 2.20. The molecule has 15 heavy (non-hydrogen) atoms. The SMILES string of the molecule is CC(C)(C)Cc1ccc(CCCO)cc1. The van der Waals surface area contributed by atoms with Crippen molar-refractivity contribution in [1.82, 2.24) is 0 Å². The fourth-order valence-electron chi connectivity index (χ4n) is 1.72. The van der Waals surface area contributed by atoms with Crippen molar-refractivity contribution in [3.05, 3.63) is 35.4 Å². The number of aryl methyl sites for hydroxylation is 1. The summed E-state index contributed by atoms with van der Waals surface area (Å²) >= 11 is 0. The zero-order chi connectivity index (χ0) is 11.3. The molecule has 1 rings (SSSR count). The predicted octanol–water partition coefficient (Wildman–Crippen LogP) is 3.20. The largest absolute Gasteiger partial charge is 0.396 e. The van der Waals surface area contributed by atoms with Crippen LogP contribution in [-0.2, 0) is 12.8 Å². The summed E-state index contributed by atoms with van der Waals surface area (Å²) in [7, 11) is 0. The highest BCUT2D eigenvalue weighted by atomic mass is 16.2. The lowest BCUT2D eigenvalue weighted by molar-refractivity contribution is 0.288. The molecule has 0 aliphatic rings. The van der Waals surface area contributed by atoms with E-state index in [1.54, 1.807) is 0 Å². The molecule has 0 aliphatic heterocycles. The molecule has 0 amide bonds. The topological polar surface area (TPSA) is 20.2 Å². The minimum Gasteiger partial charge on any atom is -0.396 e. The van der Waals surface area contributed by atoms with Gasteiger partial charge >= 0.3 is 0 Å². The maximum atomic E-state index is 8.74. The van der Waals surface area contributed by atoms with Gasteiger partial charge in [-0.1, -0.05) is 45.0 Å². The molecule has 0 aliphatic carbocycles. The molecule has 0 saturated heterocycles. The standard InChI is InChI=1S/C14H22O/c1-14(2,3)11-13-8-6-12(7-9-13)5-4-10-15/h6-9,15H,4-5,10-11H2,1-3H3. The first kappa shape index (κ1) is 12.3. The lowest BCUT2D eigenvalue weighted by Gasteiger charge is -2.18. The molecule has 0 radical (unpaired) electrons. The Morgan fingerprint density at radius 1 is 1.00 bits per heavy atom. The maximum Gasteiger partial charge on any atom is 0.0434 e. The summed E-state index contributed by atoms with van der Waals surface area (Å²) in [6.07, 6.45) is 2.96. The van der Waals surface area contributed by atoms with Crippen molar-refractivity contribution in [3.8, 4) is 0 Å². The molecular weight excluding hydrogens is 184 g/mol. The van der Waals surface area contributed by atoms with Crippen LogP contribution in [0.3, 0.4) is 0 Å². The summed E-state index contributed by atoms with van der Waals surface area (Å²) in [4.78, 5) is 0. The highest BCUT2D eigenvalue weighted by molar-refractivity contribution is 5.23. The van der Waals surface area contributed by atoms with E-state index in [9.17, 15) is 0 Å². The van der Waals surface area contributed by atoms with Crippen LogP contribution in [0.4, 0.5) is 0 Å². The number of hydrogen-bond acceptors (Lipinski definition) is 1. The molecule has 1 heteroatoms. The first-order valence-corrected chi connectivity index (χ1v) is 5.70. The third kappa shape index (κ3) is 4.98. The Kier molecular flexibility index (Phi) is 4.34. The van der Waals surface area contributed by atoms with Crippen molar-refractivity contribution in [2.75, 3.05) is 6.61 Å². The van der Waals surface area contributed by atoms with Crippen molar-refractivity contribution in [2.45, 2.75) is 40.0 Å². The second-order valence-corrected chi connectivity index (χ2v) is 5.38. The molecule has 1 aromatic carbocycles. The van der Waals surface area contributed by atoms with E-state index in [-0.39, 0.29) is 6.61 Å². The van der Waals surface area contributed by atoms with Gasteiger partial charge in [0.05, 0.1) is 0 Å². The van der Waals surface area contributed by atoms with Crippen LogP contribution in [0.2, 0.25) is 0 Å². The van der Waals surface area contributed by atoms with Crippen molar-refractivity contribution >= 4 is 0 Å². The Morgan fingerprint density at radius 2 is 1.53 bits per heavy atom. The summed E-state index contributed by atoms with van der Waals surface area (Å²) in [6.45, 7) is 7.05. The van der Waals surface area contributed by atoms with Crippen LogP contribution in [0.1, 0.15) is 38.3 Å². The van der Waals surface area contributed by atoms with Gasteiger partial charge in [-0.15, -0.1) is 0 Å². The van der Waals surface area contributed by atoms with E-state index in [1.807, 2.05) is 0 Å². The minimum atomic E-state index is 0.281. The van der Waals surface area contributed by atoms with E-state index >= 15 is 0 Å². The smallest absolute Gasteiger partial charge is 0.0434 e. The molecule has 1 nitrogen and oxygen atoms in total. The normalized spacial score (nSPS) is 11.7. The Hall–Kier alpha value is -0.820. The third-order valence-electron chi connectivity index (χ3n) is 2.38. The second kappa shape index (κ2) is 5.32. The van der Waals surface area contributed by atoms with Crippen molar-refractivity contribution < 1.29 is 5.11 Å². The molecule has 0 fully saturated rings. The third-order valence-corrected chi connectivity index (χ3v) is 2.38. The average molecular weight is 206 g/mol. The van der Waals surface area contributed by atoms with Crippen molar-refractivity contribution in [1.29, 1.82) is 0 Å². The van der Waals surface area contributed by atoms with E-state index in [2.05, 4.69) is 45.0 Å². The Bertz CT molecular complexity index is 279.